The molecule has 1 aromatic rings. The fourth-order valence-corrected chi connectivity index (χ4v) is 2.81. The zero-order valence-corrected chi connectivity index (χ0v) is 15.1. The van der Waals surface area contributed by atoms with Gasteiger partial charge in [0.05, 0.1) is 0 Å². The van der Waals surface area contributed by atoms with Crippen LogP contribution in [0.15, 0.2) is 29.3 Å². The lowest BCUT2D eigenvalue weighted by Gasteiger charge is -2.32. The van der Waals surface area contributed by atoms with Gasteiger partial charge in [0, 0.05) is 38.4 Å². The van der Waals surface area contributed by atoms with Gasteiger partial charge in [0.2, 0.25) is 0 Å². The van der Waals surface area contributed by atoms with Gasteiger partial charge in [0.15, 0.2) is 5.96 Å². The van der Waals surface area contributed by atoms with Crippen molar-refractivity contribution in [3.63, 3.8) is 0 Å². The minimum Gasteiger partial charge on any atom is -0.372 e. The van der Waals surface area contributed by atoms with Crippen molar-refractivity contribution < 1.29 is 0 Å². The zero-order chi connectivity index (χ0) is 16.7. The first-order chi connectivity index (χ1) is 11.1. The van der Waals surface area contributed by atoms with Crippen LogP contribution < -0.4 is 15.5 Å². The minimum absolute atomic E-state index is 0.435. The lowest BCUT2D eigenvalue weighted by molar-refractivity contribution is 0.438. The molecule has 1 aliphatic heterocycles. The summed E-state index contributed by atoms with van der Waals surface area (Å²) in [6, 6.07) is 9.37. The maximum atomic E-state index is 4.28. The summed E-state index contributed by atoms with van der Waals surface area (Å²) in [4.78, 5) is 6.78. The van der Waals surface area contributed by atoms with E-state index in [-0.39, 0.29) is 0 Å². The largest absolute Gasteiger partial charge is 0.372 e. The number of rotatable bonds is 5. The van der Waals surface area contributed by atoms with Gasteiger partial charge >= 0.3 is 0 Å². The van der Waals surface area contributed by atoms with Gasteiger partial charge in [-0.15, -0.1) is 0 Å². The highest BCUT2D eigenvalue weighted by molar-refractivity contribution is 5.79. The van der Waals surface area contributed by atoms with Crippen molar-refractivity contribution in [1.82, 2.24) is 10.6 Å². The Morgan fingerprint density at radius 2 is 1.91 bits per heavy atom. The Morgan fingerprint density at radius 3 is 2.48 bits per heavy atom. The molecule has 0 radical (unpaired) electrons. The van der Waals surface area contributed by atoms with E-state index in [0.29, 0.717) is 6.04 Å². The third kappa shape index (κ3) is 5.45. The van der Waals surface area contributed by atoms with Gasteiger partial charge in [-0.05, 0) is 49.8 Å². The van der Waals surface area contributed by atoms with Crippen molar-refractivity contribution in [2.24, 2.45) is 10.9 Å². The molecule has 0 aromatic heterocycles. The van der Waals surface area contributed by atoms with E-state index in [1.54, 1.807) is 0 Å². The van der Waals surface area contributed by atoms with E-state index in [1.165, 1.54) is 37.2 Å². The van der Waals surface area contributed by atoms with Crippen molar-refractivity contribution in [3.05, 3.63) is 29.8 Å². The molecule has 128 valence electrons. The summed E-state index contributed by atoms with van der Waals surface area (Å²) in [5, 5.41) is 6.77. The molecule has 1 saturated heterocycles. The van der Waals surface area contributed by atoms with Gasteiger partial charge in [0.1, 0.15) is 0 Å². The van der Waals surface area contributed by atoms with Crippen LogP contribution in [-0.4, -0.2) is 32.1 Å². The summed E-state index contributed by atoms with van der Waals surface area (Å²) in [7, 11) is 1.82. The van der Waals surface area contributed by atoms with E-state index in [1.807, 2.05) is 7.05 Å². The first-order valence-corrected chi connectivity index (χ1v) is 8.93. The second kappa shape index (κ2) is 8.80. The van der Waals surface area contributed by atoms with Crippen LogP contribution >= 0.6 is 0 Å². The first kappa shape index (κ1) is 17.6. The molecule has 2 N–H and O–H groups in total. The number of nitrogens with one attached hydrogen (secondary N) is 2. The third-order valence-electron chi connectivity index (χ3n) is 4.76. The molecule has 1 atom stereocenters. The fraction of sp³-hybridized carbons (Fsp3) is 0.632. The normalized spacial score (nSPS) is 17.9. The van der Waals surface area contributed by atoms with Crippen molar-refractivity contribution in [1.29, 1.82) is 0 Å². The lowest BCUT2D eigenvalue weighted by Crippen LogP contribution is -2.41. The zero-order valence-electron chi connectivity index (χ0n) is 15.1. The first-order valence-electron chi connectivity index (χ1n) is 8.93. The average Bonchev–Trinajstić information content (AvgIpc) is 2.59. The number of piperidine rings is 1. The molecule has 0 bridgehead atoms. The summed E-state index contributed by atoms with van der Waals surface area (Å²) in [5.41, 5.74) is 2.63. The molecule has 1 aliphatic rings. The van der Waals surface area contributed by atoms with E-state index >= 15 is 0 Å². The quantitative estimate of drug-likeness (QED) is 0.646. The molecular weight excluding hydrogens is 284 g/mol. The molecular formula is C19H32N4. The van der Waals surface area contributed by atoms with Gasteiger partial charge in [-0.25, -0.2) is 0 Å². The predicted molar refractivity (Wildman–Crippen MR) is 100 cm³/mol. The van der Waals surface area contributed by atoms with Crippen LogP contribution in [0.4, 0.5) is 5.69 Å². The van der Waals surface area contributed by atoms with Crippen LogP contribution in [0.3, 0.4) is 0 Å². The molecule has 1 unspecified atom stereocenters. The number of benzene rings is 1. The van der Waals surface area contributed by atoms with Gasteiger partial charge in [0.25, 0.3) is 0 Å². The molecule has 0 amide bonds. The number of aliphatic imine (C=N–C) groups is 1. The van der Waals surface area contributed by atoms with Gasteiger partial charge in [-0.2, -0.15) is 0 Å². The van der Waals surface area contributed by atoms with Gasteiger partial charge in [-0.1, -0.05) is 26.0 Å². The topological polar surface area (TPSA) is 39.7 Å². The standard InChI is InChI=1S/C19H32N4/c1-5-16(3)22-19(20-4)21-14-17-6-8-18(9-7-17)23-12-10-15(2)11-13-23/h6-9,15-16H,5,10-14H2,1-4H3,(H2,20,21,22). The molecule has 2 rings (SSSR count). The number of guanidine groups is 1. The van der Waals surface area contributed by atoms with Crippen LogP contribution in [0.25, 0.3) is 0 Å². The van der Waals surface area contributed by atoms with E-state index in [4.69, 9.17) is 0 Å². The van der Waals surface area contributed by atoms with Gasteiger partial charge in [-0.3, -0.25) is 4.99 Å². The smallest absolute Gasteiger partial charge is 0.191 e. The van der Waals surface area contributed by atoms with Crippen LogP contribution in [-0.2, 0) is 6.54 Å². The van der Waals surface area contributed by atoms with E-state index in [9.17, 15) is 0 Å². The summed E-state index contributed by atoms with van der Waals surface area (Å²) >= 11 is 0. The molecule has 23 heavy (non-hydrogen) atoms. The number of nitrogens with zero attached hydrogens (tertiary/aromatic N) is 2. The SMILES string of the molecule is CCC(C)NC(=NC)NCc1ccc(N2CCC(C)CC2)cc1. The fourth-order valence-electron chi connectivity index (χ4n) is 2.81. The van der Waals surface area contributed by atoms with E-state index < -0.39 is 0 Å². The Bertz CT molecular complexity index is 487. The monoisotopic (exact) mass is 316 g/mol. The number of hydrogen-bond acceptors (Lipinski definition) is 2. The predicted octanol–water partition coefficient (Wildman–Crippen LogP) is 3.39. The number of anilines is 1. The second-order valence-corrected chi connectivity index (χ2v) is 6.72. The highest BCUT2D eigenvalue weighted by atomic mass is 15.2. The molecule has 0 saturated carbocycles. The van der Waals surface area contributed by atoms with Crippen LogP contribution in [0.2, 0.25) is 0 Å². The highest BCUT2D eigenvalue weighted by Gasteiger charge is 2.15. The Balaban J connectivity index is 1.85. The van der Waals surface area contributed by atoms with Crippen molar-refractivity contribution >= 4 is 11.6 Å². The van der Waals surface area contributed by atoms with Crippen molar-refractivity contribution in [3.8, 4) is 0 Å². The molecule has 1 fully saturated rings. The highest BCUT2D eigenvalue weighted by Crippen LogP contribution is 2.23. The molecule has 1 aromatic carbocycles. The average molecular weight is 316 g/mol. The molecule has 0 aliphatic carbocycles. The van der Waals surface area contributed by atoms with Crippen LogP contribution in [0, 0.1) is 5.92 Å². The number of hydrogen-bond donors (Lipinski definition) is 2. The molecule has 4 heteroatoms. The van der Waals surface area contributed by atoms with Crippen molar-refractivity contribution in [2.45, 2.75) is 52.6 Å². The summed E-state index contributed by atoms with van der Waals surface area (Å²) in [6.45, 7) is 9.86. The van der Waals surface area contributed by atoms with Crippen LogP contribution in [0.5, 0.6) is 0 Å². The minimum atomic E-state index is 0.435. The molecule has 4 nitrogen and oxygen atoms in total. The Morgan fingerprint density at radius 1 is 1.26 bits per heavy atom. The Kier molecular flexibility index (Phi) is 6.75. The third-order valence-corrected chi connectivity index (χ3v) is 4.76. The van der Waals surface area contributed by atoms with Crippen molar-refractivity contribution in [2.75, 3.05) is 25.0 Å². The summed E-state index contributed by atoms with van der Waals surface area (Å²) < 4.78 is 0. The molecule has 0 spiro atoms. The summed E-state index contributed by atoms with van der Waals surface area (Å²) in [5.74, 6) is 1.74. The van der Waals surface area contributed by atoms with Crippen LogP contribution in [0.1, 0.15) is 45.6 Å². The molecule has 1 heterocycles. The van der Waals surface area contributed by atoms with E-state index in [0.717, 1.165) is 24.8 Å². The maximum Gasteiger partial charge on any atom is 0.191 e. The summed E-state index contributed by atoms with van der Waals surface area (Å²) in [6.07, 6.45) is 3.70. The Labute approximate surface area is 141 Å². The Hall–Kier alpha value is -1.71. The lowest BCUT2D eigenvalue weighted by atomic mass is 9.99. The second-order valence-electron chi connectivity index (χ2n) is 6.72. The van der Waals surface area contributed by atoms with E-state index in [2.05, 4.69) is 65.6 Å². The van der Waals surface area contributed by atoms with Gasteiger partial charge < -0.3 is 15.5 Å². The maximum absolute atomic E-state index is 4.28.